The van der Waals surface area contributed by atoms with Crippen LogP contribution in [0.5, 0.6) is 0 Å². The van der Waals surface area contributed by atoms with Gasteiger partial charge in [-0.3, -0.25) is 0 Å². The van der Waals surface area contributed by atoms with E-state index in [4.69, 9.17) is 19.4 Å². The predicted molar refractivity (Wildman–Crippen MR) is 59.7 cm³/mol. The molecule has 0 aliphatic carbocycles. The van der Waals surface area contributed by atoms with Gasteiger partial charge in [0.2, 0.25) is 5.09 Å². The van der Waals surface area contributed by atoms with Crippen LogP contribution in [0.4, 0.5) is 0 Å². The van der Waals surface area contributed by atoms with Crippen molar-refractivity contribution in [3.8, 4) is 0 Å². The number of furan rings is 1. The summed E-state index contributed by atoms with van der Waals surface area (Å²) in [6, 6.07) is 2.86. The molecule has 0 saturated heterocycles. The summed E-state index contributed by atoms with van der Waals surface area (Å²) in [7, 11) is -3.77. The molecule has 17 heavy (non-hydrogen) atoms. The largest absolute Gasteiger partial charge is 0.447 e. The number of sulfonamides is 1. The van der Waals surface area contributed by atoms with E-state index in [0.29, 0.717) is 32.1 Å². The fourth-order valence-electron chi connectivity index (χ4n) is 1.13. The number of rotatable bonds is 8. The summed E-state index contributed by atoms with van der Waals surface area (Å²) in [6.07, 6.45) is 0. The van der Waals surface area contributed by atoms with Gasteiger partial charge < -0.3 is 19.6 Å². The number of hydrogen-bond donors (Lipinski definition) is 3. The first-order valence-corrected chi connectivity index (χ1v) is 6.59. The average molecular weight is 264 g/mol. The fourth-order valence-corrected chi connectivity index (χ4v) is 1.61. The number of hydrogen-bond acceptors (Lipinski definition) is 6. The molecule has 0 aromatic carbocycles. The van der Waals surface area contributed by atoms with Gasteiger partial charge in [0.15, 0.2) is 0 Å². The van der Waals surface area contributed by atoms with E-state index >= 15 is 0 Å². The van der Waals surface area contributed by atoms with Crippen LogP contribution in [-0.2, 0) is 21.3 Å². The van der Waals surface area contributed by atoms with Crippen LogP contribution >= 0.6 is 0 Å². The molecule has 0 bridgehead atoms. The van der Waals surface area contributed by atoms with Crippen LogP contribution in [0.2, 0.25) is 0 Å². The summed E-state index contributed by atoms with van der Waals surface area (Å²) in [5.41, 5.74) is 0. The molecule has 0 spiro atoms. The molecule has 4 N–H and O–H groups in total. The Kier molecular flexibility index (Phi) is 5.59. The van der Waals surface area contributed by atoms with Crippen molar-refractivity contribution in [3.05, 3.63) is 17.9 Å². The van der Waals surface area contributed by atoms with Gasteiger partial charge in [-0.25, -0.2) is 13.6 Å². The van der Waals surface area contributed by atoms with Crippen LogP contribution in [0.3, 0.4) is 0 Å². The lowest BCUT2D eigenvalue weighted by Crippen LogP contribution is -2.19. The van der Waals surface area contributed by atoms with Crippen molar-refractivity contribution in [1.82, 2.24) is 5.32 Å². The molecule has 0 aliphatic heterocycles. The zero-order valence-electron chi connectivity index (χ0n) is 9.26. The first kappa shape index (κ1) is 14.1. The first-order valence-electron chi connectivity index (χ1n) is 5.05. The van der Waals surface area contributed by atoms with Gasteiger partial charge in [-0.1, -0.05) is 0 Å². The van der Waals surface area contributed by atoms with E-state index in [2.05, 4.69) is 5.32 Å². The lowest BCUT2D eigenvalue weighted by atomic mass is 10.4. The van der Waals surface area contributed by atoms with Crippen LogP contribution in [0, 0.1) is 0 Å². The molecule has 0 aliphatic rings. The van der Waals surface area contributed by atoms with Crippen molar-refractivity contribution in [2.24, 2.45) is 5.14 Å². The van der Waals surface area contributed by atoms with Crippen molar-refractivity contribution in [2.75, 3.05) is 26.4 Å². The molecule has 1 rings (SSSR count). The fraction of sp³-hybridized carbons (Fsp3) is 0.556. The van der Waals surface area contributed by atoms with Crippen LogP contribution in [0.15, 0.2) is 21.6 Å². The minimum atomic E-state index is -3.77. The second-order valence-electron chi connectivity index (χ2n) is 3.28. The van der Waals surface area contributed by atoms with Gasteiger partial charge in [-0.2, -0.15) is 0 Å². The summed E-state index contributed by atoms with van der Waals surface area (Å²) in [6.45, 7) is 1.72. The van der Waals surface area contributed by atoms with Gasteiger partial charge in [0.25, 0.3) is 10.0 Å². The van der Waals surface area contributed by atoms with E-state index in [0.717, 1.165) is 0 Å². The molecular formula is C9H16N2O5S. The summed E-state index contributed by atoms with van der Waals surface area (Å²) >= 11 is 0. The lowest BCUT2D eigenvalue weighted by Gasteiger charge is -2.03. The maximum Gasteiger partial charge on any atom is 0.271 e. The number of ether oxygens (including phenoxy) is 1. The quantitative estimate of drug-likeness (QED) is 0.520. The van der Waals surface area contributed by atoms with Crippen LogP contribution in [0.1, 0.15) is 5.76 Å². The Bertz CT molecular complexity index is 428. The number of primary sulfonamides is 1. The molecule has 8 heteroatoms. The number of aliphatic hydroxyl groups excluding tert-OH is 1. The van der Waals surface area contributed by atoms with E-state index in [9.17, 15) is 8.42 Å². The van der Waals surface area contributed by atoms with Crippen molar-refractivity contribution < 1.29 is 22.7 Å². The molecule has 0 saturated carbocycles. The smallest absolute Gasteiger partial charge is 0.271 e. The van der Waals surface area contributed by atoms with Crippen molar-refractivity contribution in [1.29, 1.82) is 0 Å². The maximum atomic E-state index is 10.9. The van der Waals surface area contributed by atoms with Crippen LogP contribution < -0.4 is 10.5 Å². The normalized spacial score (nSPS) is 11.9. The van der Waals surface area contributed by atoms with Gasteiger partial charge >= 0.3 is 0 Å². The maximum absolute atomic E-state index is 10.9. The summed E-state index contributed by atoms with van der Waals surface area (Å²) in [4.78, 5) is 0. The molecule has 0 atom stereocenters. The van der Waals surface area contributed by atoms with Gasteiger partial charge in [0.05, 0.1) is 26.4 Å². The number of nitrogens with one attached hydrogen (secondary N) is 1. The second-order valence-corrected chi connectivity index (χ2v) is 4.77. The minimum Gasteiger partial charge on any atom is -0.447 e. The van der Waals surface area contributed by atoms with Gasteiger partial charge in [-0.05, 0) is 12.1 Å². The molecule has 98 valence electrons. The topological polar surface area (TPSA) is 115 Å². The summed E-state index contributed by atoms with van der Waals surface area (Å²) in [5.74, 6) is 0.483. The number of nitrogens with two attached hydrogens (primary N) is 1. The molecule has 1 aromatic rings. The molecule has 1 aromatic heterocycles. The summed E-state index contributed by atoms with van der Waals surface area (Å²) in [5, 5.41) is 16.1. The van der Waals surface area contributed by atoms with E-state index in [1.165, 1.54) is 6.07 Å². The molecule has 0 unspecified atom stereocenters. The monoisotopic (exact) mass is 264 g/mol. The van der Waals surface area contributed by atoms with E-state index in [1.807, 2.05) is 0 Å². The molecule has 0 radical (unpaired) electrons. The lowest BCUT2D eigenvalue weighted by molar-refractivity contribution is 0.0935. The molecule has 7 nitrogen and oxygen atoms in total. The molecule has 1 heterocycles. The van der Waals surface area contributed by atoms with Gasteiger partial charge in [0, 0.05) is 6.54 Å². The molecular weight excluding hydrogens is 248 g/mol. The Morgan fingerprint density at radius 1 is 1.41 bits per heavy atom. The van der Waals surface area contributed by atoms with Gasteiger partial charge in [-0.15, -0.1) is 0 Å². The van der Waals surface area contributed by atoms with Crippen molar-refractivity contribution >= 4 is 10.0 Å². The Balaban J connectivity index is 2.26. The third-order valence-electron chi connectivity index (χ3n) is 1.88. The highest BCUT2D eigenvalue weighted by Gasteiger charge is 2.12. The standard InChI is InChI=1S/C9H16N2O5S/c10-17(13,14)9-2-1-8(16-9)7-11-3-5-15-6-4-12/h1-2,11-12H,3-7H2,(H2,10,13,14). The Morgan fingerprint density at radius 2 is 2.18 bits per heavy atom. The zero-order chi connectivity index (χ0) is 12.7. The SMILES string of the molecule is NS(=O)(=O)c1ccc(CNCCOCCO)o1. The summed E-state index contributed by atoms with van der Waals surface area (Å²) < 4.78 is 31.9. The highest BCUT2D eigenvalue weighted by molar-refractivity contribution is 7.89. The zero-order valence-corrected chi connectivity index (χ0v) is 10.1. The van der Waals surface area contributed by atoms with E-state index < -0.39 is 10.0 Å². The second kappa shape index (κ2) is 6.72. The Morgan fingerprint density at radius 3 is 2.76 bits per heavy atom. The predicted octanol–water partition coefficient (Wildman–Crippen LogP) is -0.974. The minimum absolute atomic E-state index is 0.00406. The highest BCUT2D eigenvalue weighted by atomic mass is 32.2. The average Bonchev–Trinajstić information content (AvgIpc) is 2.71. The third kappa shape index (κ3) is 5.29. The molecule has 0 amide bonds. The van der Waals surface area contributed by atoms with Gasteiger partial charge in [0.1, 0.15) is 5.76 Å². The first-order chi connectivity index (χ1) is 8.04. The van der Waals surface area contributed by atoms with E-state index in [-0.39, 0.29) is 11.7 Å². The molecule has 0 fully saturated rings. The Labute approximate surface area is 99.6 Å². The highest BCUT2D eigenvalue weighted by Crippen LogP contribution is 2.11. The van der Waals surface area contributed by atoms with Crippen LogP contribution in [0.25, 0.3) is 0 Å². The Hall–Kier alpha value is -0.930. The van der Waals surface area contributed by atoms with Crippen LogP contribution in [-0.4, -0.2) is 39.9 Å². The van der Waals surface area contributed by atoms with Crippen molar-refractivity contribution in [2.45, 2.75) is 11.6 Å². The third-order valence-corrected chi connectivity index (χ3v) is 2.66. The van der Waals surface area contributed by atoms with Crippen molar-refractivity contribution in [3.63, 3.8) is 0 Å². The number of aliphatic hydroxyl groups is 1. The van der Waals surface area contributed by atoms with E-state index in [1.54, 1.807) is 6.07 Å².